The van der Waals surface area contributed by atoms with Crippen LogP contribution in [-0.4, -0.2) is 136 Å². The number of hydrogen-bond donors (Lipinski definition) is 0. The van der Waals surface area contributed by atoms with Gasteiger partial charge in [-0.05, 0) is 0 Å². The zero-order valence-electron chi connectivity index (χ0n) is 8.61. The first kappa shape index (κ1) is 1330. The van der Waals surface area contributed by atoms with E-state index in [0.717, 1.165) is 0 Å². The molecule has 0 heterocycles. The Kier molecular flexibility index (Phi) is 88300. The molecule has 96 valence electrons. The monoisotopic (exact) mass is 345 g/mol. The Bertz CT molecular complexity index is 14.9. The molecule has 0 aromatic carbocycles. The van der Waals surface area contributed by atoms with Crippen molar-refractivity contribution >= 4 is 86.8 Å². The molecule has 0 fully saturated rings. The Balaban J connectivity index is 0. The van der Waals surface area contributed by atoms with E-state index in [-0.39, 0.29) is 153 Å². The van der Waals surface area contributed by atoms with Crippen LogP contribution in [0.1, 0.15) is 0 Å². The minimum absolute atomic E-state index is 0. The van der Waals surface area contributed by atoms with Gasteiger partial charge >= 0.3 is 86.8 Å². The van der Waals surface area contributed by atoms with Crippen molar-refractivity contribution in [3.05, 3.63) is 0 Å². The van der Waals surface area contributed by atoms with Gasteiger partial charge in [0.25, 0.3) is 0 Å². The molecular weight excluding hydrogens is 327 g/mol. The summed E-state index contributed by atoms with van der Waals surface area (Å²) in [6, 6.07) is 0. The van der Waals surface area contributed by atoms with Crippen molar-refractivity contribution < 1.29 is 65.7 Å². The topological polar surface area (TPSA) is 369 Å². The Morgan fingerprint density at radius 2 is 0.176 bits per heavy atom. The molecule has 0 bridgehead atoms. The molecule has 0 saturated heterocycles. The fourth-order valence-corrected chi connectivity index (χ4v) is 0. The smallest absolute Gasteiger partial charge is 2.00 e. The minimum Gasteiger partial charge on any atom is -2.00 e. The van der Waals surface area contributed by atoms with Crippen molar-refractivity contribution in [2.45, 2.75) is 0 Å². The van der Waals surface area contributed by atoms with Crippen LogP contribution in [0.5, 0.6) is 0 Å². The van der Waals surface area contributed by atoms with Crippen LogP contribution < -0.4 is 0 Å². The maximum absolute atomic E-state index is 0. The van der Waals surface area contributed by atoms with E-state index in [1.807, 2.05) is 0 Å². The van der Waals surface area contributed by atoms with E-state index in [1.54, 1.807) is 0 Å². The second-order valence-corrected chi connectivity index (χ2v) is 0. The van der Waals surface area contributed by atoms with Crippen LogP contribution in [0.15, 0.2) is 0 Å². The molecule has 0 aromatic rings. The molecular formula is H18Al5O12+9. The molecule has 0 amide bonds. The van der Waals surface area contributed by atoms with Gasteiger partial charge in [-0.25, -0.2) is 0 Å². The van der Waals surface area contributed by atoms with Crippen molar-refractivity contribution in [2.75, 3.05) is 0 Å². The molecule has 0 spiro atoms. The molecule has 0 aliphatic rings. The summed E-state index contributed by atoms with van der Waals surface area (Å²) >= 11 is 0. The van der Waals surface area contributed by atoms with Crippen LogP contribution in [0.2, 0.25) is 0 Å². The van der Waals surface area contributed by atoms with Gasteiger partial charge in [-0.1, -0.05) is 0 Å². The molecule has 0 radical (unpaired) electrons. The maximum Gasteiger partial charge on any atom is 3.00 e. The Labute approximate surface area is 152 Å². The quantitative estimate of drug-likeness (QED) is 0.369. The second-order valence-electron chi connectivity index (χ2n) is 0. The molecule has 0 atom stereocenters. The van der Waals surface area contributed by atoms with Crippen LogP contribution in [-0.2, 0) is 16.4 Å². The van der Waals surface area contributed by atoms with Gasteiger partial charge in [-0.15, -0.1) is 0 Å². The Hall–Kier alpha value is 2.18. The van der Waals surface area contributed by atoms with E-state index in [4.69, 9.17) is 0 Å². The molecule has 0 aromatic heterocycles. The fraction of sp³-hybridized carbons (Fsp3) is 0. The summed E-state index contributed by atoms with van der Waals surface area (Å²) in [4.78, 5) is 0. The Morgan fingerprint density at radius 1 is 0.176 bits per heavy atom. The van der Waals surface area contributed by atoms with Gasteiger partial charge < -0.3 is 65.7 Å². The van der Waals surface area contributed by atoms with Gasteiger partial charge in [0.1, 0.15) is 0 Å². The Morgan fingerprint density at radius 3 is 0.176 bits per heavy atom. The van der Waals surface area contributed by atoms with Crippen LogP contribution in [0, 0.1) is 0 Å². The summed E-state index contributed by atoms with van der Waals surface area (Å²) in [5, 5.41) is 0. The van der Waals surface area contributed by atoms with Crippen LogP contribution in [0.25, 0.3) is 0 Å². The van der Waals surface area contributed by atoms with Gasteiger partial charge in [0.15, 0.2) is 0 Å². The van der Waals surface area contributed by atoms with Crippen LogP contribution >= 0.6 is 0 Å². The summed E-state index contributed by atoms with van der Waals surface area (Å²) in [6.07, 6.45) is 0. The van der Waals surface area contributed by atoms with E-state index >= 15 is 0 Å². The van der Waals surface area contributed by atoms with E-state index in [2.05, 4.69) is 0 Å². The largest absolute Gasteiger partial charge is 3.00 e. The number of rotatable bonds is 0. The van der Waals surface area contributed by atoms with E-state index in [9.17, 15) is 0 Å². The molecule has 12 nitrogen and oxygen atoms in total. The first-order valence-electron chi connectivity index (χ1n) is 0. The molecule has 0 saturated carbocycles. The van der Waals surface area contributed by atoms with Crippen molar-refractivity contribution in [1.29, 1.82) is 0 Å². The summed E-state index contributed by atoms with van der Waals surface area (Å²) < 4.78 is 0. The number of hydrogen-bond acceptors (Lipinski definition) is 0. The van der Waals surface area contributed by atoms with Crippen molar-refractivity contribution in [3.8, 4) is 0 Å². The third-order valence-electron chi connectivity index (χ3n) is 0. The van der Waals surface area contributed by atoms with Gasteiger partial charge in [-0.2, -0.15) is 0 Å². The van der Waals surface area contributed by atoms with Crippen molar-refractivity contribution in [1.82, 2.24) is 0 Å². The van der Waals surface area contributed by atoms with Crippen LogP contribution in [0.4, 0.5) is 0 Å². The van der Waals surface area contributed by atoms with Gasteiger partial charge in [0.2, 0.25) is 0 Å². The van der Waals surface area contributed by atoms with Crippen LogP contribution in [0.3, 0.4) is 0 Å². The summed E-state index contributed by atoms with van der Waals surface area (Å²) in [7, 11) is 0. The summed E-state index contributed by atoms with van der Waals surface area (Å²) in [6.45, 7) is 0. The van der Waals surface area contributed by atoms with E-state index < -0.39 is 0 Å². The summed E-state index contributed by atoms with van der Waals surface area (Å²) in [5.74, 6) is 0. The maximum atomic E-state index is 0. The van der Waals surface area contributed by atoms with Crippen molar-refractivity contribution in [2.24, 2.45) is 0 Å². The van der Waals surface area contributed by atoms with Gasteiger partial charge in [-0.3, -0.25) is 0 Å². The van der Waals surface area contributed by atoms with Gasteiger partial charge in [0.05, 0.1) is 0 Å². The molecule has 17 heteroatoms. The second kappa shape index (κ2) is 1130. The third kappa shape index (κ3) is 1000. The standard InChI is InChI=1S/5Al.9H2O.3O/h;;;;;9*1H2;;;/q5*+3;;;;;;;;;;3*-2. The van der Waals surface area contributed by atoms with Crippen molar-refractivity contribution in [3.63, 3.8) is 0 Å². The first-order chi connectivity index (χ1) is 0. The SMILES string of the molecule is O.O.O.O.O.O.O.O.O.[Al+3].[Al+3].[Al+3].[Al+3].[Al+3].[O-2].[O-2].[O-2]. The van der Waals surface area contributed by atoms with E-state index in [1.165, 1.54) is 0 Å². The average Bonchev–Trinajstić information content (AvgIpc) is 0. The molecule has 0 rings (SSSR count). The predicted molar refractivity (Wildman–Crippen MR) is 63.4 cm³/mol. The van der Waals surface area contributed by atoms with Gasteiger partial charge in [0, 0.05) is 0 Å². The average molecular weight is 345 g/mol. The zero-order chi connectivity index (χ0) is 0. The molecule has 0 aliphatic carbocycles. The third-order valence-corrected chi connectivity index (χ3v) is 0. The fourth-order valence-electron chi connectivity index (χ4n) is 0. The molecule has 17 heavy (non-hydrogen) atoms. The zero-order valence-corrected chi connectivity index (χ0v) is 14.4. The predicted octanol–water partition coefficient (Wildman–Crippen LogP) is -9.68. The summed E-state index contributed by atoms with van der Waals surface area (Å²) in [5.41, 5.74) is 0. The minimum atomic E-state index is 0. The normalized spacial score (nSPS) is 0. The van der Waals surface area contributed by atoms with E-state index in [0.29, 0.717) is 0 Å². The molecule has 0 aliphatic heterocycles. The molecule has 0 unspecified atom stereocenters. The first-order valence-corrected chi connectivity index (χ1v) is 0. The molecule has 18 N–H and O–H groups in total.